The first-order valence-electron chi connectivity index (χ1n) is 4.29. The van der Waals surface area contributed by atoms with E-state index in [9.17, 15) is 9.59 Å². The van der Waals surface area contributed by atoms with Gasteiger partial charge < -0.3 is 5.32 Å². The molecule has 3 amide bonds. The Balaban J connectivity index is 4.41. The summed E-state index contributed by atoms with van der Waals surface area (Å²) in [5.74, 6) is -0.326. The van der Waals surface area contributed by atoms with Crippen LogP contribution in [0, 0.1) is 0 Å². The molecule has 0 spiro atoms. The summed E-state index contributed by atoms with van der Waals surface area (Å²) in [4.78, 5) is 23.8. The molecule has 0 unspecified atom stereocenters. The predicted molar refractivity (Wildman–Crippen MR) is 51.3 cm³/mol. The van der Waals surface area contributed by atoms with E-state index in [1.165, 1.54) is 0 Å². The molecule has 0 radical (unpaired) electrons. The maximum absolute atomic E-state index is 11.4. The molecule has 0 fully saturated rings. The van der Waals surface area contributed by atoms with Crippen LogP contribution in [0.2, 0.25) is 0 Å². The van der Waals surface area contributed by atoms with Gasteiger partial charge in [-0.05, 0) is 20.8 Å². The van der Waals surface area contributed by atoms with Gasteiger partial charge in [0, 0.05) is 18.7 Å². The van der Waals surface area contributed by atoms with Crippen LogP contribution >= 0.6 is 0 Å². The van der Waals surface area contributed by atoms with Crippen molar-refractivity contribution in [2.24, 2.45) is 0 Å². The van der Waals surface area contributed by atoms with E-state index < -0.39 is 0 Å². The van der Waals surface area contributed by atoms with Crippen LogP contribution in [0.4, 0.5) is 4.79 Å². The zero-order valence-corrected chi connectivity index (χ0v) is 8.39. The Morgan fingerprint density at radius 3 is 2.23 bits per heavy atom. The first-order chi connectivity index (χ1) is 6.04. The van der Waals surface area contributed by atoms with Gasteiger partial charge in [-0.2, -0.15) is 0 Å². The smallest absolute Gasteiger partial charge is 0.324 e. The Morgan fingerprint density at radius 1 is 1.38 bits per heavy atom. The number of carbonyl (C=O) groups excluding carboxylic acids is 2. The van der Waals surface area contributed by atoms with Crippen LogP contribution in [-0.4, -0.2) is 29.9 Å². The van der Waals surface area contributed by atoms with Gasteiger partial charge >= 0.3 is 6.03 Å². The fourth-order valence-electron chi connectivity index (χ4n) is 0.856. The number of nitrogens with zero attached hydrogens (tertiary/aromatic N) is 1. The molecule has 74 valence electrons. The lowest BCUT2D eigenvalue weighted by molar-refractivity contribution is -0.124. The highest BCUT2D eigenvalue weighted by molar-refractivity contribution is 6.02. The Bertz CT molecular complexity index is 224. The molecule has 0 aromatic rings. The Labute approximate surface area is 78.6 Å². The largest absolute Gasteiger partial charge is 0.338 e. The molecule has 0 saturated heterocycles. The second-order valence-electron chi connectivity index (χ2n) is 2.67. The third kappa shape index (κ3) is 3.27. The lowest BCUT2D eigenvalue weighted by Crippen LogP contribution is -2.43. The van der Waals surface area contributed by atoms with Crippen molar-refractivity contribution in [1.82, 2.24) is 10.2 Å². The highest BCUT2D eigenvalue weighted by Gasteiger charge is 2.18. The van der Waals surface area contributed by atoms with E-state index in [2.05, 4.69) is 11.9 Å². The minimum absolute atomic E-state index is 0.326. The Morgan fingerprint density at radius 2 is 1.92 bits per heavy atom. The second kappa shape index (κ2) is 5.35. The number of nitrogens with one attached hydrogen (secondary N) is 1. The van der Waals surface area contributed by atoms with Crippen LogP contribution in [0.25, 0.3) is 0 Å². The van der Waals surface area contributed by atoms with Gasteiger partial charge in [0.2, 0.25) is 0 Å². The van der Waals surface area contributed by atoms with E-state index >= 15 is 0 Å². The van der Waals surface area contributed by atoms with E-state index in [-0.39, 0.29) is 11.9 Å². The summed E-state index contributed by atoms with van der Waals surface area (Å²) in [7, 11) is 0. The van der Waals surface area contributed by atoms with Crippen molar-refractivity contribution in [1.29, 1.82) is 0 Å². The summed E-state index contributed by atoms with van der Waals surface area (Å²) < 4.78 is 0. The second-order valence-corrected chi connectivity index (χ2v) is 2.67. The quantitative estimate of drug-likeness (QED) is 0.669. The zero-order valence-electron chi connectivity index (χ0n) is 8.39. The minimum atomic E-state index is -0.363. The van der Waals surface area contributed by atoms with E-state index in [0.717, 1.165) is 4.90 Å². The van der Waals surface area contributed by atoms with Gasteiger partial charge in [0.25, 0.3) is 5.91 Å². The van der Waals surface area contributed by atoms with Crippen molar-refractivity contribution in [2.75, 3.05) is 13.1 Å². The van der Waals surface area contributed by atoms with E-state index in [1.807, 2.05) is 0 Å². The van der Waals surface area contributed by atoms with Gasteiger partial charge in [-0.3, -0.25) is 9.69 Å². The van der Waals surface area contributed by atoms with E-state index in [4.69, 9.17) is 0 Å². The number of hydrogen-bond acceptors (Lipinski definition) is 2. The highest BCUT2D eigenvalue weighted by Crippen LogP contribution is 1.98. The lowest BCUT2D eigenvalue weighted by atomic mass is 10.3. The van der Waals surface area contributed by atoms with Crippen molar-refractivity contribution in [3.63, 3.8) is 0 Å². The third-order valence-electron chi connectivity index (χ3n) is 1.50. The summed E-state index contributed by atoms with van der Waals surface area (Å²) >= 11 is 0. The molecular formula is C9H16N2O2. The molecule has 1 N–H and O–H groups in total. The number of likely N-dealkylation sites (N-methyl/N-ethyl adjacent to an activating group) is 1. The fraction of sp³-hybridized carbons (Fsp3) is 0.556. The van der Waals surface area contributed by atoms with Crippen LogP contribution in [0.3, 0.4) is 0 Å². The van der Waals surface area contributed by atoms with Gasteiger partial charge in [-0.15, -0.1) is 0 Å². The maximum atomic E-state index is 11.4. The number of hydrogen-bond donors (Lipinski definition) is 1. The van der Waals surface area contributed by atoms with Gasteiger partial charge in [0.05, 0.1) is 0 Å². The number of rotatable bonds is 3. The summed E-state index contributed by atoms with van der Waals surface area (Å²) in [6.07, 6.45) is 0. The van der Waals surface area contributed by atoms with Crippen LogP contribution in [0.15, 0.2) is 12.2 Å². The molecule has 0 aliphatic heterocycles. The molecule has 0 saturated carbocycles. The van der Waals surface area contributed by atoms with E-state index in [0.29, 0.717) is 18.7 Å². The normalized spacial score (nSPS) is 9.15. The highest BCUT2D eigenvalue weighted by atomic mass is 16.2. The first kappa shape index (κ1) is 11.7. The Kier molecular flexibility index (Phi) is 4.80. The van der Waals surface area contributed by atoms with Crippen LogP contribution in [0.1, 0.15) is 20.8 Å². The average Bonchev–Trinajstić information content (AvgIpc) is 2.05. The summed E-state index contributed by atoms with van der Waals surface area (Å²) in [6, 6.07) is -0.363. The zero-order chi connectivity index (χ0) is 10.4. The van der Waals surface area contributed by atoms with Crippen LogP contribution in [-0.2, 0) is 4.79 Å². The molecule has 0 aromatic carbocycles. The van der Waals surface area contributed by atoms with E-state index in [1.54, 1.807) is 20.8 Å². The van der Waals surface area contributed by atoms with Crippen molar-refractivity contribution in [3.05, 3.63) is 12.2 Å². The molecule has 0 aliphatic rings. The van der Waals surface area contributed by atoms with Crippen LogP contribution < -0.4 is 5.32 Å². The molecule has 0 aromatic heterocycles. The number of imide groups is 1. The van der Waals surface area contributed by atoms with Crippen molar-refractivity contribution in [2.45, 2.75) is 20.8 Å². The predicted octanol–water partition coefficient (Wildman–Crippen LogP) is 1.14. The van der Waals surface area contributed by atoms with Crippen molar-refractivity contribution >= 4 is 11.9 Å². The standard InChI is InChI=1S/C9H16N2O2/c1-5-10-9(13)11(6-2)8(12)7(3)4/h3,5-6H2,1-2,4H3,(H,10,13). The SMILES string of the molecule is C=C(C)C(=O)N(CC)C(=O)NCC. The summed E-state index contributed by atoms with van der Waals surface area (Å²) in [5.41, 5.74) is 0.369. The molecule has 0 heterocycles. The van der Waals surface area contributed by atoms with Gasteiger partial charge in [0.1, 0.15) is 0 Å². The molecule has 13 heavy (non-hydrogen) atoms. The maximum Gasteiger partial charge on any atom is 0.324 e. The van der Waals surface area contributed by atoms with Crippen molar-refractivity contribution < 1.29 is 9.59 Å². The van der Waals surface area contributed by atoms with Gasteiger partial charge in [-0.25, -0.2) is 4.79 Å². The average molecular weight is 184 g/mol. The monoisotopic (exact) mass is 184 g/mol. The molecule has 0 atom stereocenters. The summed E-state index contributed by atoms with van der Waals surface area (Å²) in [6.45, 7) is 9.50. The number of urea groups is 1. The van der Waals surface area contributed by atoms with Gasteiger partial charge in [-0.1, -0.05) is 6.58 Å². The summed E-state index contributed by atoms with van der Waals surface area (Å²) in [5, 5.41) is 2.56. The van der Waals surface area contributed by atoms with Crippen LogP contribution in [0.5, 0.6) is 0 Å². The molecular weight excluding hydrogens is 168 g/mol. The molecule has 0 bridgehead atoms. The van der Waals surface area contributed by atoms with Crippen molar-refractivity contribution in [3.8, 4) is 0 Å². The van der Waals surface area contributed by atoms with Gasteiger partial charge in [0.15, 0.2) is 0 Å². The molecule has 0 aliphatic carbocycles. The topological polar surface area (TPSA) is 49.4 Å². The molecule has 4 nitrogen and oxygen atoms in total. The lowest BCUT2D eigenvalue weighted by Gasteiger charge is -2.18. The number of amides is 3. The fourth-order valence-corrected chi connectivity index (χ4v) is 0.856. The Hall–Kier alpha value is -1.32. The first-order valence-corrected chi connectivity index (χ1v) is 4.29. The molecule has 4 heteroatoms. The minimum Gasteiger partial charge on any atom is -0.338 e. The third-order valence-corrected chi connectivity index (χ3v) is 1.50. The molecule has 0 rings (SSSR count). The number of carbonyl (C=O) groups is 2.